The summed E-state index contributed by atoms with van der Waals surface area (Å²) in [5.41, 5.74) is 2.01. The number of amides is 2. The van der Waals surface area contributed by atoms with Gasteiger partial charge >= 0.3 is 6.18 Å². The predicted octanol–water partition coefficient (Wildman–Crippen LogP) is 4.79. The van der Waals surface area contributed by atoms with Gasteiger partial charge in [-0.3, -0.25) is 14.4 Å². The molecule has 1 saturated heterocycles. The highest BCUT2D eigenvalue weighted by Gasteiger charge is 2.32. The number of piperazine rings is 1. The van der Waals surface area contributed by atoms with Crippen LogP contribution >= 0.6 is 11.6 Å². The van der Waals surface area contributed by atoms with E-state index in [1.165, 1.54) is 11.2 Å². The monoisotopic (exact) mass is 751 g/mol. The molecule has 53 heavy (non-hydrogen) atoms. The molecule has 2 aromatic carbocycles. The summed E-state index contributed by atoms with van der Waals surface area (Å²) in [5.74, 6) is -1.11. The lowest BCUT2D eigenvalue weighted by molar-refractivity contribution is -0.137. The molecule has 5 heterocycles. The first kappa shape index (κ1) is 35.8. The minimum atomic E-state index is -4.62. The van der Waals surface area contributed by atoms with E-state index in [4.69, 9.17) is 21.3 Å². The van der Waals surface area contributed by atoms with Crippen molar-refractivity contribution in [1.29, 1.82) is 0 Å². The number of hydrogen-bond acceptors (Lipinski definition) is 10. The van der Waals surface area contributed by atoms with Crippen LogP contribution in [0.4, 0.5) is 24.5 Å². The Hall–Kier alpha value is -5.55. The molecule has 2 N–H and O–H groups in total. The largest absolute Gasteiger partial charge is 0.504 e. The van der Waals surface area contributed by atoms with Gasteiger partial charge in [-0.2, -0.15) is 22.7 Å². The van der Waals surface area contributed by atoms with Crippen molar-refractivity contribution in [2.75, 3.05) is 36.4 Å². The van der Waals surface area contributed by atoms with Crippen LogP contribution in [0.5, 0.6) is 5.75 Å². The molecule has 5 aromatic rings. The highest BCUT2D eigenvalue weighted by atomic mass is 35.5. The number of fused-ring (bicyclic) bond motifs is 2. The SMILES string of the molecule is CCc1c(N2CCN(C(=O)c3ncnc(C)c3O)CC2)c(=O)n2nc(-c3ccc4c(c3)COC4C)nc2n1CC(=O)Nc1ccc(C(F)(F)F)cc1Cl. The minimum absolute atomic E-state index is 0.0255. The molecule has 18 heteroatoms. The van der Waals surface area contributed by atoms with Crippen LogP contribution in [0.1, 0.15) is 58.5 Å². The van der Waals surface area contributed by atoms with Gasteiger partial charge in [0.1, 0.15) is 18.6 Å². The summed E-state index contributed by atoms with van der Waals surface area (Å²) in [6.45, 7) is 6.17. The predicted molar refractivity (Wildman–Crippen MR) is 187 cm³/mol. The molecule has 0 spiro atoms. The van der Waals surface area contributed by atoms with Crippen LogP contribution < -0.4 is 15.8 Å². The molecule has 2 aliphatic heterocycles. The zero-order valence-corrected chi connectivity index (χ0v) is 29.5. The first-order valence-electron chi connectivity index (χ1n) is 16.7. The van der Waals surface area contributed by atoms with Gasteiger partial charge in [0.25, 0.3) is 11.5 Å². The van der Waals surface area contributed by atoms with Crippen LogP contribution in [0, 0.1) is 6.92 Å². The lowest BCUT2D eigenvalue weighted by Gasteiger charge is -2.36. The van der Waals surface area contributed by atoms with Crippen LogP contribution in [-0.4, -0.2) is 77.1 Å². The molecule has 2 aliphatic rings. The molecule has 2 amide bonds. The number of carbonyl (C=O) groups is 2. The van der Waals surface area contributed by atoms with Crippen molar-refractivity contribution in [3.8, 4) is 17.1 Å². The number of benzene rings is 2. The topological polar surface area (TPSA) is 160 Å². The highest BCUT2D eigenvalue weighted by Crippen LogP contribution is 2.35. The van der Waals surface area contributed by atoms with E-state index in [1.54, 1.807) is 11.5 Å². The normalized spacial score (nSPS) is 15.9. The Morgan fingerprint density at radius 1 is 1.09 bits per heavy atom. The van der Waals surface area contributed by atoms with Gasteiger partial charge in [0.05, 0.1) is 40.4 Å². The van der Waals surface area contributed by atoms with Gasteiger partial charge in [-0.15, -0.1) is 5.10 Å². The van der Waals surface area contributed by atoms with E-state index < -0.39 is 35.7 Å². The van der Waals surface area contributed by atoms with Crippen LogP contribution in [0.25, 0.3) is 17.2 Å². The van der Waals surface area contributed by atoms with E-state index in [2.05, 4.69) is 20.4 Å². The maximum absolute atomic E-state index is 14.3. The molecular formula is C35H33ClF3N9O5. The molecule has 3 aromatic heterocycles. The number of alkyl halides is 3. The Labute approximate surface area is 304 Å². The van der Waals surface area contributed by atoms with Crippen molar-refractivity contribution >= 4 is 40.6 Å². The highest BCUT2D eigenvalue weighted by molar-refractivity contribution is 6.33. The molecule has 1 atom stereocenters. The average molecular weight is 752 g/mol. The van der Waals surface area contributed by atoms with Crippen molar-refractivity contribution in [3.63, 3.8) is 0 Å². The van der Waals surface area contributed by atoms with Crippen LogP contribution in [0.15, 0.2) is 47.5 Å². The van der Waals surface area contributed by atoms with Gasteiger partial charge in [-0.1, -0.05) is 30.7 Å². The number of aromatic nitrogens is 6. The number of ether oxygens (including phenoxy) is 1. The van der Waals surface area contributed by atoms with E-state index >= 15 is 0 Å². The molecular weight excluding hydrogens is 719 g/mol. The fourth-order valence-corrected chi connectivity index (χ4v) is 6.88. The second-order valence-electron chi connectivity index (χ2n) is 12.7. The summed E-state index contributed by atoms with van der Waals surface area (Å²) < 4.78 is 48.2. The summed E-state index contributed by atoms with van der Waals surface area (Å²) in [7, 11) is 0. The maximum Gasteiger partial charge on any atom is 0.416 e. The van der Waals surface area contributed by atoms with E-state index in [1.807, 2.05) is 36.9 Å². The summed E-state index contributed by atoms with van der Waals surface area (Å²) in [5, 5.41) is 17.3. The van der Waals surface area contributed by atoms with E-state index in [-0.39, 0.29) is 83.8 Å². The van der Waals surface area contributed by atoms with Gasteiger partial charge < -0.3 is 29.5 Å². The fraction of sp³-hybridized carbons (Fsp3) is 0.343. The van der Waals surface area contributed by atoms with Crippen molar-refractivity contribution in [3.05, 3.63) is 91.9 Å². The van der Waals surface area contributed by atoms with Crippen LogP contribution in [-0.2, 0) is 35.3 Å². The Morgan fingerprint density at radius 2 is 1.85 bits per heavy atom. The number of anilines is 2. The number of rotatable bonds is 7. The lowest BCUT2D eigenvalue weighted by atomic mass is 10.0. The first-order chi connectivity index (χ1) is 25.2. The average Bonchev–Trinajstić information content (AvgIpc) is 3.75. The third-order valence-corrected chi connectivity index (χ3v) is 9.76. The van der Waals surface area contributed by atoms with Gasteiger partial charge in [0.15, 0.2) is 17.3 Å². The molecule has 0 radical (unpaired) electrons. The minimum Gasteiger partial charge on any atom is -0.504 e. The fourth-order valence-electron chi connectivity index (χ4n) is 6.66. The number of carbonyl (C=O) groups excluding carboxylic acids is 2. The Bertz CT molecular complexity index is 2340. The molecule has 276 valence electrons. The number of nitrogens with one attached hydrogen (secondary N) is 1. The van der Waals surface area contributed by atoms with Gasteiger partial charge in [-0.05, 0) is 55.7 Å². The van der Waals surface area contributed by atoms with E-state index in [9.17, 15) is 32.7 Å². The van der Waals surface area contributed by atoms with E-state index in [0.29, 0.717) is 17.9 Å². The number of aromatic hydroxyl groups is 1. The van der Waals surface area contributed by atoms with Crippen LogP contribution in [0.3, 0.4) is 0 Å². The Kier molecular flexibility index (Phi) is 9.32. The summed E-state index contributed by atoms with van der Waals surface area (Å²) >= 11 is 6.14. The molecule has 14 nitrogen and oxygen atoms in total. The third kappa shape index (κ3) is 6.65. The quantitative estimate of drug-likeness (QED) is 0.237. The second-order valence-corrected chi connectivity index (χ2v) is 13.1. The van der Waals surface area contributed by atoms with Crippen molar-refractivity contribution in [2.24, 2.45) is 0 Å². The summed E-state index contributed by atoms with van der Waals surface area (Å²) in [4.78, 5) is 57.1. The first-order valence-corrected chi connectivity index (χ1v) is 17.1. The molecule has 1 unspecified atom stereocenters. The third-order valence-electron chi connectivity index (χ3n) is 9.45. The zero-order chi connectivity index (χ0) is 37.8. The summed E-state index contributed by atoms with van der Waals surface area (Å²) in [6, 6.07) is 8.29. The van der Waals surface area contributed by atoms with Crippen molar-refractivity contribution in [2.45, 2.75) is 52.6 Å². The Morgan fingerprint density at radius 3 is 2.55 bits per heavy atom. The number of halogens is 4. The van der Waals surface area contributed by atoms with Crippen LogP contribution in [0.2, 0.25) is 5.02 Å². The number of aryl methyl sites for hydroxylation is 1. The Balaban J connectivity index is 1.26. The van der Waals surface area contributed by atoms with Crippen molar-refractivity contribution < 1.29 is 32.6 Å². The standard InChI is InChI=1S/C35H33ClF3N9O5/c1-4-26-29(45-9-11-46(12-10-45)32(51)28-30(50)18(2)40-17-41-28)33(52)48-34(43-31(44-48)20-5-7-23-19(3)53-16-21(23)13-20)47(26)15-27(49)42-25-8-6-22(14-24(25)36)35(37,38)39/h5-8,13-14,17,19,50H,4,9-12,15-16H2,1-3H3,(H,42,49). The maximum atomic E-state index is 14.3. The molecule has 0 saturated carbocycles. The van der Waals surface area contributed by atoms with Gasteiger partial charge in [0.2, 0.25) is 11.7 Å². The number of nitrogens with zero attached hydrogens (tertiary/aromatic N) is 8. The molecule has 0 bridgehead atoms. The van der Waals surface area contributed by atoms with Gasteiger partial charge in [-0.25, -0.2) is 9.97 Å². The number of hydrogen-bond donors (Lipinski definition) is 2. The molecule has 0 aliphatic carbocycles. The zero-order valence-electron chi connectivity index (χ0n) is 28.7. The lowest BCUT2D eigenvalue weighted by Crippen LogP contribution is -2.51. The molecule has 1 fully saturated rings. The smallest absolute Gasteiger partial charge is 0.416 e. The van der Waals surface area contributed by atoms with Gasteiger partial charge in [0, 0.05) is 31.7 Å². The summed E-state index contributed by atoms with van der Waals surface area (Å²) in [6.07, 6.45) is -3.21. The second kappa shape index (κ2) is 13.8. The van der Waals surface area contributed by atoms with Crippen molar-refractivity contribution in [1.82, 2.24) is 34.0 Å². The molecule has 7 rings (SSSR count). The van der Waals surface area contributed by atoms with E-state index in [0.717, 1.165) is 33.8 Å².